The van der Waals surface area contributed by atoms with Crippen molar-refractivity contribution in [3.63, 3.8) is 0 Å². The summed E-state index contributed by atoms with van der Waals surface area (Å²) in [7, 11) is 0. The first-order chi connectivity index (χ1) is 15.6. The van der Waals surface area contributed by atoms with Gasteiger partial charge in [0.25, 0.3) is 0 Å². The van der Waals surface area contributed by atoms with Crippen molar-refractivity contribution in [1.82, 2.24) is 30.1 Å². The summed E-state index contributed by atoms with van der Waals surface area (Å²) in [4.78, 5) is 6.75. The van der Waals surface area contributed by atoms with E-state index >= 15 is 0 Å². The average molecular weight is 433 g/mol. The zero-order chi connectivity index (χ0) is 22.1. The highest BCUT2D eigenvalue weighted by atomic mass is 19.1. The highest BCUT2D eigenvalue weighted by Gasteiger charge is 2.17. The third-order valence-electron chi connectivity index (χ3n) is 5.61. The van der Waals surface area contributed by atoms with Crippen LogP contribution in [-0.2, 0) is 6.54 Å². The van der Waals surface area contributed by atoms with Gasteiger partial charge >= 0.3 is 0 Å². The maximum atomic E-state index is 13.7. The molecule has 0 amide bonds. The molecule has 0 atom stereocenters. The minimum absolute atomic E-state index is 0.151. The molecule has 162 valence electrons. The second-order valence-corrected chi connectivity index (χ2v) is 7.88. The maximum absolute atomic E-state index is 13.7. The second-order valence-electron chi connectivity index (χ2n) is 7.88. The van der Waals surface area contributed by atoms with Crippen LogP contribution in [-0.4, -0.2) is 43.2 Å². The van der Waals surface area contributed by atoms with E-state index in [9.17, 15) is 8.78 Å². The van der Waals surface area contributed by atoms with Gasteiger partial charge in [0.1, 0.15) is 17.5 Å². The van der Waals surface area contributed by atoms with Gasteiger partial charge in [0.15, 0.2) is 5.82 Å². The van der Waals surface area contributed by atoms with Crippen LogP contribution < -0.4 is 5.73 Å². The summed E-state index contributed by atoms with van der Waals surface area (Å²) in [5.41, 5.74) is 9.80. The molecule has 0 spiro atoms. The number of anilines is 1. The van der Waals surface area contributed by atoms with E-state index in [0.29, 0.717) is 5.56 Å². The standard InChI is InChI=1S/C23H21F2N7/c24-18-10-19(25)12-20(11-18)32-23(28-29-30-32)21-9-17(13-27-22(21)26)16-5-3-15(4-6-16)14-31-7-1-2-8-31/h3-6,9-13H,1-2,7-8,14H2,(H2,26,27). The van der Waals surface area contributed by atoms with Crippen molar-refractivity contribution in [3.05, 3.63) is 71.9 Å². The molecule has 0 unspecified atom stereocenters. The predicted octanol–water partition coefficient (Wildman–Crippen LogP) is 3.85. The van der Waals surface area contributed by atoms with Crippen LogP contribution in [0.1, 0.15) is 18.4 Å². The average Bonchev–Trinajstić information content (AvgIpc) is 3.46. The smallest absolute Gasteiger partial charge is 0.190 e. The molecule has 2 N–H and O–H groups in total. The summed E-state index contributed by atoms with van der Waals surface area (Å²) in [5.74, 6) is -0.995. The molecule has 9 heteroatoms. The van der Waals surface area contributed by atoms with E-state index in [1.807, 2.05) is 18.2 Å². The molecule has 32 heavy (non-hydrogen) atoms. The number of nitrogen functional groups attached to an aromatic ring is 1. The van der Waals surface area contributed by atoms with Crippen molar-refractivity contribution in [1.29, 1.82) is 0 Å². The van der Waals surface area contributed by atoms with Crippen LogP contribution in [0, 0.1) is 11.6 Å². The van der Waals surface area contributed by atoms with Crippen LogP contribution in [0.15, 0.2) is 54.7 Å². The molecular weight excluding hydrogens is 412 g/mol. The Kier molecular flexibility index (Phi) is 5.32. The van der Waals surface area contributed by atoms with E-state index in [2.05, 4.69) is 37.5 Å². The first-order valence-electron chi connectivity index (χ1n) is 10.4. The van der Waals surface area contributed by atoms with E-state index < -0.39 is 11.6 Å². The van der Waals surface area contributed by atoms with Crippen LogP contribution in [0.4, 0.5) is 14.6 Å². The predicted molar refractivity (Wildman–Crippen MR) is 117 cm³/mol. The summed E-state index contributed by atoms with van der Waals surface area (Å²) in [6.45, 7) is 3.25. The molecule has 2 aromatic carbocycles. The number of aromatic nitrogens is 5. The number of hydrogen-bond acceptors (Lipinski definition) is 6. The third kappa shape index (κ3) is 4.06. The Hall–Kier alpha value is -3.72. The number of pyridine rings is 1. The van der Waals surface area contributed by atoms with Gasteiger partial charge in [-0.1, -0.05) is 24.3 Å². The molecule has 0 bridgehead atoms. The van der Waals surface area contributed by atoms with Crippen molar-refractivity contribution >= 4 is 5.82 Å². The number of nitrogens with zero attached hydrogens (tertiary/aromatic N) is 6. The summed E-state index contributed by atoms with van der Waals surface area (Å²) in [6.07, 6.45) is 4.21. The molecule has 1 aliphatic rings. The van der Waals surface area contributed by atoms with Gasteiger partial charge < -0.3 is 5.73 Å². The highest BCUT2D eigenvalue weighted by Crippen LogP contribution is 2.30. The van der Waals surface area contributed by atoms with Gasteiger partial charge in [0.05, 0.1) is 11.3 Å². The lowest BCUT2D eigenvalue weighted by molar-refractivity contribution is 0.331. The van der Waals surface area contributed by atoms with Crippen molar-refractivity contribution in [2.24, 2.45) is 0 Å². The van der Waals surface area contributed by atoms with E-state index in [0.717, 1.165) is 49.0 Å². The number of nitrogens with two attached hydrogens (primary N) is 1. The summed E-state index contributed by atoms with van der Waals surface area (Å²) in [5, 5.41) is 11.6. The fraction of sp³-hybridized carbons (Fsp3) is 0.217. The Morgan fingerprint density at radius 1 is 0.906 bits per heavy atom. The van der Waals surface area contributed by atoms with Gasteiger partial charge in [0.2, 0.25) is 0 Å². The maximum Gasteiger partial charge on any atom is 0.190 e. The zero-order valence-corrected chi connectivity index (χ0v) is 17.2. The molecule has 1 saturated heterocycles. The number of halogens is 2. The molecule has 1 aliphatic heterocycles. The number of rotatable bonds is 5. The summed E-state index contributed by atoms with van der Waals surface area (Å²) >= 11 is 0. The van der Waals surface area contributed by atoms with Gasteiger partial charge in [-0.25, -0.2) is 13.8 Å². The molecule has 0 aliphatic carbocycles. The lowest BCUT2D eigenvalue weighted by Crippen LogP contribution is -2.18. The Balaban J connectivity index is 1.47. The largest absolute Gasteiger partial charge is 0.383 e. The van der Waals surface area contributed by atoms with Crippen molar-refractivity contribution in [3.8, 4) is 28.2 Å². The van der Waals surface area contributed by atoms with Gasteiger partial charge in [0, 0.05) is 24.4 Å². The quantitative estimate of drug-likeness (QED) is 0.515. The van der Waals surface area contributed by atoms with Crippen LogP contribution in [0.5, 0.6) is 0 Å². The van der Waals surface area contributed by atoms with Crippen LogP contribution >= 0.6 is 0 Å². The van der Waals surface area contributed by atoms with Crippen LogP contribution in [0.3, 0.4) is 0 Å². The SMILES string of the molecule is Nc1ncc(-c2ccc(CN3CCCC3)cc2)cc1-c1nnnn1-c1cc(F)cc(F)c1. The zero-order valence-electron chi connectivity index (χ0n) is 17.2. The van der Waals surface area contributed by atoms with Crippen LogP contribution in [0.25, 0.3) is 28.2 Å². The monoisotopic (exact) mass is 433 g/mol. The number of hydrogen-bond donors (Lipinski definition) is 1. The molecule has 2 aromatic heterocycles. The molecule has 0 radical (unpaired) electrons. The Morgan fingerprint density at radius 2 is 1.62 bits per heavy atom. The summed E-state index contributed by atoms with van der Waals surface area (Å²) < 4.78 is 28.7. The normalized spacial score (nSPS) is 14.2. The number of likely N-dealkylation sites (tertiary alicyclic amines) is 1. The van der Waals surface area contributed by atoms with E-state index in [4.69, 9.17) is 5.73 Å². The molecule has 1 fully saturated rings. The first kappa shape index (κ1) is 20.2. The minimum Gasteiger partial charge on any atom is -0.383 e. The fourth-order valence-corrected chi connectivity index (χ4v) is 4.00. The van der Waals surface area contributed by atoms with E-state index in [1.165, 1.54) is 23.1 Å². The van der Waals surface area contributed by atoms with Gasteiger partial charge in [-0.2, -0.15) is 4.68 Å². The first-order valence-corrected chi connectivity index (χ1v) is 10.4. The van der Waals surface area contributed by atoms with Crippen molar-refractivity contribution in [2.45, 2.75) is 19.4 Å². The fourth-order valence-electron chi connectivity index (χ4n) is 4.00. The lowest BCUT2D eigenvalue weighted by Gasteiger charge is -2.15. The van der Waals surface area contributed by atoms with Gasteiger partial charge in [-0.3, -0.25) is 4.90 Å². The highest BCUT2D eigenvalue weighted by molar-refractivity contribution is 5.76. The van der Waals surface area contributed by atoms with Crippen LogP contribution in [0.2, 0.25) is 0 Å². The Labute approximate surface area is 183 Å². The number of benzene rings is 2. The van der Waals surface area contributed by atoms with Crippen molar-refractivity contribution in [2.75, 3.05) is 18.8 Å². The molecule has 0 saturated carbocycles. The number of tetrazole rings is 1. The third-order valence-corrected chi connectivity index (χ3v) is 5.61. The van der Waals surface area contributed by atoms with E-state index in [-0.39, 0.29) is 17.3 Å². The molecule has 4 aromatic rings. The van der Waals surface area contributed by atoms with Gasteiger partial charge in [-0.15, -0.1) is 5.10 Å². The topological polar surface area (TPSA) is 85.8 Å². The Morgan fingerprint density at radius 3 is 2.34 bits per heavy atom. The van der Waals surface area contributed by atoms with Gasteiger partial charge in [-0.05, 0) is 65.7 Å². The van der Waals surface area contributed by atoms with E-state index in [1.54, 1.807) is 6.20 Å². The summed E-state index contributed by atoms with van der Waals surface area (Å²) in [6, 6.07) is 13.2. The van der Waals surface area contributed by atoms with Crippen molar-refractivity contribution < 1.29 is 8.78 Å². The molecule has 3 heterocycles. The molecule has 5 rings (SSSR count). The minimum atomic E-state index is -0.727. The lowest BCUT2D eigenvalue weighted by atomic mass is 10.0. The Bertz CT molecular complexity index is 1230. The molecular formula is C23H21F2N7. The second kappa shape index (κ2) is 8.43. The molecule has 7 nitrogen and oxygen atoms in total.